The van der Waals surface area contributed by atoms with E-state index in [4.69, 9.17) is 10.5 Å². The van der Waals surface area contributed by atoms with Crippen molar-refractivity contribution in [3.8, 4) is 11.5 Å². The predicted molar refractivity (Wildman–Crippen MR) is 73.4 cm³/mol. The second-order valence-corrected chi connectivity index (χ2v) is 4.28. The highest BCUT2D eigenvalue weighted by Crippen LogP contribution is 2.30. The lowest BCUT2D eigenvalue weighted by Crippen LogP contribution is -2.03. The van der Waals surface area contributed by atoms with Crippen molar-refractivity contribution in [2.75, 3.05) is 12.8 Å². The van der Waals surface area contributed by atoms with Crippen LogP contribution in [0.3, 0.4) is 0 Å². The molecule has 0 saturated carbocycles. The summed E-state index contributed by atoms with van der Waals surface area (Å²) in [7, 11) is 1.28. The Morgan fingerprint density at radius 1 is 1.15 bits per heavy atom. The molecule has 2 aromatic carbocycles. The SMILES string of the molecule is COC(=O)c1ccc(N)c(Oc2cc(C)ccc2F)c1. The number of aryl methyl sites for hydroxylation is 1. The standard InChI is InChI=1S/C15H14FNO3/c1-9-3-5-11(16)13(7-9)20-14-8-10(15(18)19-2)4-6-12(14)17/h3-8H,17H2,1-2H3. The molecular formula is C15H14FNO3. The Kier molecular flexibility index (Phi) is 3.89. The molecule has 2 rings (SSSR count). The number of anilines is 1. The maximum atomic E-state index is 13.7. The molecule has 0 fully saturated rings. The van der Waals surface area contributed by atoms with Gasteiger partial charge in [-0.25, -0.2) is 9.18 Å². The predicted octanol–water partition coefficient (Wildman–Crippen LogP) is 3.30. The molecule has 0 unspecified atom stereocenters. The smallest absolute Gasteiger partial charge is 0.337 e. The molecule has 5 heteroatoms. The summed E-state index contributed by atoms with van der Waals surface area (Å²) in [5, 5.41) is 0. The van der Waals surface area contributed by atoms with Crippen LogP contribution in [0.15, 0.2) is 36.4 Å². The monoisotopic (exact) mass is 275 g/mol. The van der Waals surface area contributed by atoms with Crippen molar-refractivity contribution >= 4 is 11.7 Å². The zero-order valence-corrected chi connectivity index (χ0v) is 11.1. The van der Waals surface area contributed by atoms with Gasteiger partial charge in [-0.15, -0.1) is 0 Å². The lowest BCUT2D eigenvalue weighted by molar-refractivity contribution is 0.0600. The molecule has 2 N–H and O–H groups in total. The number of esters is 1. The molecule has 0 saturated heterocycles. The van der Waals surface area contributed by atoms with Crippen LogP contribution in [0.2, 0.25) is 0 Å². The molecule has 0 spiro atoms. The molecule has 0 atom stereocenters. The normalized spacial score (nSPS) is 10.2. The van der Waals surface area contributed by atoms with E-state index in [0.29, 0.717) is 5.69 Å². The van der Waals surface area contributed by atoms with Gasteiger partial charge in [-0.3, -0.25) is 0 Å². The van der Waals surface area contributed by atoms with Crippen LogP contribution in [0, 0.1) is 12.7 Å². The van der Waals surface area contributed by atoms with Crippen LogP contribution in [-0.4, -0.2) is 13.1 Å². The molecule has 0 aliphatic rings. The molecule has 0 bridgehead atoms. The van der Waals surface area contributed by atoms with Crippen molar-refractivity contribution in [1.82, 2.24) is 0 Å². The van der Waals surface area contributed by atoms with Gasteiger partial charge in [-0.2, -0.15) is 0 Å². The zero-order valence-electron chi connectivity index (χ0n) is 11.1. The number of hydrogen-bond donors (Lipinski definition) is 1. The molecule has 20 heavy (non-hydrogen) atoms. The minimum absolute atomic E-state index is 0.0544. The van der Waals surface area contributed by atoms with E-state index in [0.717, 1.165) is 5.56 Å². The van der Waals surface area contributed by atoms with E-state index in [1.54, 1.807) is 12.1 Å². The van der Waals surface area contributed by atoms with E-state index in [1.807, 2.05) is 6.92 Å². The summed E-state index contributed by atoms with van der Waals surface area (Å²) >= 11 is 0. The summed E-state index contributed by atoms with van der Waals surface area (Å²) in [6.45, 7) is 1.82. The number of rotatable bonds is 3. The van der Waals surface area contributed by atoms with Crippen LogP contribution in [0.4, 0.5) is 10.1 Å². The Balaban J connectivity index is 2.37. The first-order chi connectivity index (χ1) is 9.51. The van der Waals surface area contributed by atoms with E-state index in [-0.39, 0.29) is 17.1 Å². The highest BCUT2D eigenvalue weighted by Gasteiger charge is 2.12. The third-order valence-electron chi connectivity index (χ3n) is 2.74. The maximum Gasteiger partial charge on any atom is 0.337 e. The van der Waals surface area contributed by atoms with Crippen LogP contribution in [0.1, 0.15) is 15.9 Å². The number of halogens is 1. The Bertz CT molecular complexity index is 656. The first kappa shape index (κ1) is 13.9. The van der Waals surface area contributed by atoms with Crippen molar-refractivity contribution in [2.24, 2.45) is 0 Å². The second kappa shape index (κ2) is 5.61. The Labute approximate surface area is 115 Å². The fraction of sp³-hybridized carbons (Fsp3) is 0.133. The number of nitrogens with two attached hydrogens (primary N) is 1. The third kappa shape index (κ3) is 2.88. The average molecular weight is 275 g/mol. The Hall–Kier alpha value is -2.56. The lowest BCUT2D eigenvalue weighted by atomic mass is 10.2. The van der Waals surface area contributed by atoms with Gasteiger partial charge in [0.15, 0.2) is 17.3 Å². The van der Waals surface area contributed by atoms with Gasteiger partial charge in [0.2, 0.25) is 0 Å². The fourth-order valence-corrected chi connectivity index (χ4v) is 1.67. The van der Waals surface area contributed by atoms with Crippen molar-refractivity contribution < 1.29 is 18.7 Å². The maximum absolute atomic E-state index is 13.7. The quantitative estimate of drug-likeness (QED) is 0.689. The molecule has 0 radical (unpaired) electrons. The van der Waals surface area contributed by atoms with Crippen molar-refractivity contribution in [2.45, 2.75) is 6.92 Å². The molecule has 0 heterocycles. The van der Waals surface area contributed by atoms with E-state index >= 15 is 0 Å². The molecule has 4 nitrogen and oxygen atoms in total. The molecular weight excluding hydrogens is 261 g/mol. The fourth-order valence-electron chi connectivity index (χ4n) is 1.67. The van der Waals surface area contributed by atoms with Crippen molar-refractivity contribution in [1.29, 1.82) is 0 Å². The summed E-state index contributed by atoms with van der Waals surface area (Å²) in [6.07, 6.45) is 0. The van der Waals surface area contributed by atoms with Gasteiger partial charge in [0.25, 0.3) is 0 Å². The number of hydrogen-bond acceptors (Lipinski definition) is 4. The summed E-state index contributed by atoms with van der Waals surface area (Å²) in [5.74, 6) is -0.755. The van der Waals surface area contributed by atoms with Crippen LogP contribution < -0.4 is 10.5 Å². The molecule has 2 aromatic rings. The lowest BCUT2D eigenvalue weighted by Gasteiger charge is -2.11. The summed E-state index contributed by atoms with van der Waals surface area (Å²) in [5.41, 5.74) is 7.20. The Morgan fingerprint density at radius 2 is 1.90 bits per heavy atom. The molecule has 0 aliphatic carbocycles. The van der Waals surface area contributed by atoms with Crippen molar-refractivity contribution in [3.63, 3.8) is 0 Å². The van der Waals surface area contributed by atoms with Crippen LogP contribution in [0.5, 0.6) is 11.5 Å². The number of ether oxygens (including phenoxy) is 2. The van der Waals surface area contributed by atoms with Gasteiger partial charge >= 0.3 is 5.97 Å². The van der Waals surface area contributed by atoms with Crippen molar-refractivity contribution in [3.05, 3.63) is 53.3 Å². The summed E-state index contributed by atoms with van der Waals surface area (Å²) in [6, 6.07) is 8.94. The Morgan fingerprint density at radius 3 is 2.60 bits per heavy atom. The number of nitrogen functional groups attached to an aromatic ring is 1. The van der Waals surface area contributed by atoms with Gasteiger partial charge in [-0.05, 0) is 42.8 Å². The minimum atomic E-state index is -0.514. The van der Waals surface area contributed by atoms with Gasteiger partial charge in [0.1, 0.15) is 0 Å². The van der Waals surface area contributed by atoms with Gasteiger partial charge < -0.3 is 15.2 Å². The zero-order chi connectivity index (χ0) is 14.7. The van der Waals surface area contributed by atoms with E-state index in [2.05, 4.69) is 4.74 Å². The number of carbonyl (C=O) groups is 1. The van der Waals surface area contributed by atoms with E-state index in [1.165, 1.54) is 31.4 Å². The summed E-state index contributed by atoms with van der Waals surface area (Å²) in [4.78, 5) is 11.5. The number of methoxy groups -OCH3 is 1. The third-order valence-corrected chi connectivity index (χ3v) is 2.74. The number of benzene rings is 2. The minimum Gasteiger partial charge on any atom is -0.465 e. The molecule has 0 aromatic heterocycles. The average Bonchev–Trinajstić information content (AvgIpc) is 2.44. The van der Waals surface area contributed by atoms with Crippen LogP contribution in [-0.2, 0) is 4.74 Å². The summed E-state index contributed by atoms with van der Waals surface area (Å²) < 4.78 is 23.7. The van der Waals surface area contributed by atoms with Crippen LogP contribution in [0.25, 0.3) is 0 Å². The molecule has 0 amide bonds. The number of carbonyl (C=O) groups excluding carboxylic acids is 1. The first-order valence-corrected chi connectivity index (χ1v) is 5.93. The largest absolute Gasteiger partial charge is 0.465 e. The second-order valence-electron chi connectivity index (χ2n) is 4.28. The first-order valence-electron chi connectivity index (χ1n) is 5.93. The van der Waals surface area contributed by atoms with Gasteiger partial charge in [-0.1, -0.05) is 6.07 Å². The van der Waals surface area contributed by atoms with E-state index in [9.17, 15) is 9.18 Å². The van der Waals surface area contributed by atoms with E-state index < -0.39 is 11.8 Å². The highest BCUT2D eigenvalue weighted by molar-refractivity contribution is 5.90. The highest BCUT2D eigenvalue weighted by atomic mass is 19.1. The molecule has 0 aliphatic heterocycles. The molecule has 104 valence electrons. The topological polar surface area (TPSA) is 61.5 Å². The van der Waals surface area contributed by atoms with Gasteiger partial charge in [0.05, 0.1) is 18.4 Å². The van der Waals surface area contributed by atoms with Crippen LogP contribution >= 0.6 is 0 Å². The van der Waals surface area contributed by atoms with Gasteiger partial charge in [0, 0.05) is 0 Å².